The molecule has 0 aromatic heterocycles. The highest BCUT2D eigenvalue weighted by Crippen LogP contribution is 2.28. The second kappa shape index (κ2) is 7.29. The SMILES string of the molecule is CNC(CCN(C)CC1CC(O)C1)c1cc(F)cc(F)c1. The van der Waals surface area contributed by atoms with E-state index in [4.69, 9.17) is 0 Å². The van der Waals surface area contributed by atoms with Crippen molar-refractivity contribution in [3.8, 4) is 0 Å². The molecule has 1 unspecified atom stereocenters. The molecule has 3 nitrogen and oxygen atoms in total. The maximum Gasteiger partial charge on any atom is 0.126 e. The van der Waals surface area contributed by atoms with E-state index in [1.54, 1.807) is 7.05 Å². The van der Waals surface area contributed by atoms with Crippen LogP contribution in [0, 0.1) is 17.6 Å². The summed E-state index contributed by atoms with van der Waals surface area (Å²) in [6, 6.07) is 3.59. The number of benzene rings is 1. The molecule has 0 radical (unpaired) electrons. The molecule has 1 aromatic carbocycles. The Morgan fingerprint density at radius 1 is 1.29 bits per heavy atom. The second-order valence-corrected chi connectivity index (χ2v) is 6.09. The van der Waals surface area contributed by atoms with Gasteiger partial charge in [0.2, 0.25) is 0 Å². The van der Waals surface area contributed by atoms with E-state index in [1.807, 2.05) is 7.05 Å². The van der Waals surface area contributed by atoms with Gasteiger partial charge in [0.1, 0.15) is 11.6 Å². The highest BCUT2D eigenvalue weighted by Gasteiger charge is 2.27. The van der Waals surface area contributed by atoms with Gasteiger partial charge in [-0.3, -0.25) is 0 Å². The minimum Gasteiger partial charge on any atom is -0.393 e. The quantitative estimate of drug-likeness (QED) is 0.811. The molecule has 0 heterocycles. The van der Waals surface area contributed by atoms with Crippen molar-refractivity contribution in [1.29, 1.82) is 0 Å². The molecule has 1 aromatic rings. The Balaban J connectivity index is 1.84. The number of hydrogen-bond donors (Lipinski definition) is 2. The van der Waals surface area contributed by atoms with Crippen LogP contribution in [0.3, 0.4) is 0 Å². The van der Waals surface area contributed by atoms with E-state index in [2.05, 4.69) is 10.2 Å². The Labute approximate surface area is 125 Å². The molecule has 1 saturated carbocycles. The number of nitrogens with zero attached hydrogens (tertiary/aromatic N) is 1. The topological polar surface area (TPSA) is 35.5 Å². The number of nitrogens with one attached hydrogen (secondary N) is 1. The molecule has 1 fully saturated rings. The molecule has 2 N–H and O–H groups in total. The number of aliphatic hydroxyl groups excluding tert-OH is 1. The van der Waals surface area contributed by atoms with Crippen LogP contribution in [0.4, 0.5) is 8.78 Å². The number of hydrogen-bond acceptors (Lipinski definition) is 3. The van der Waals surface area contributed by atoms with Crippen molar-refractivity contribution < 1.29 is 13.9 Å². The van der Waals surface area contributed by atoms with Crippen molar-refractivity contribution in [3.05, 3.63) is 35.4 Å². The van der Waals surface area contributed by atoms with Gasteiger partial charge >= 0.3 is 0 Å². The van der Waals surface area contributed by atoms with E-state index in [9.17, 15) is 13.9 Å². The predicted molar refractivity (Wildman–Crippen MR) is 79.0 cm³/mol. The van der Waals surface area contributed by atoms with Crippen LogP contribution in [0.1, 0.15) is 30.9 Å². The van der Waals surface area contributed by atoms with Crippen LogP contribution < -0.4 is 5.32 Å². The summed E-state index contributed by atoms with van der Waals surface area (Å²) >= 11 is 0. The van der Waals surface area contributed by atoms with Crippen LogP contribution in [0.15, 0.2) is 18.2 Å². The molecule has 21 heavy (non-hydrogen) atoms. The zero-order valence-electron chi connectivity index (χ0n) is 12.6. The molecule has 1 aliphatic rings. The maximum absolute atomic E-state index is 13.3. The first-order valence-electron chi connectivity index (χ1n) is 7.47. The van der Waals surface area contributed by atoms with Gasteiger partial charge in [-0.05, 0) is 63.5 Å². The molecule has 118 valence electrons. The Morgan fingerprint density at radius 3 is 2.43 bits per heavy atom. The molecule has 0 saturated heterocycles. The fourth-order valence-corrected chi connectivity index (χ4v) is 2.99. The summed E-state index contributed by atoms with van der Waals surface area (Å²) in [7, 11) is 3.85. The zero-order valence-corrected chi connectivity index (χ0v) is 12.6. The number of halogens is 2. The molecule has 5 heteroatoms. The first-order chi connectivity index (χ1) is 9.97. The summed E-state index contributed by atoms with van der Waals surface area (Å²) in [5.41, 5.74) is 0.641. The van der Waals surface area contributed by atoms with Gasteiger partial charge in [0, 0.05) is 18.7 Å². The van der Waals surface area contributed by atoms with Crippen LogP contribution in [0.5, 0.6) is 0 Å². The normalized spacial score (nSPS) is 23.1. The van der Waals surface area contributed by atoms with Gasteiger partial charge in [-0.1, -0.05) is 0 Å². The fourth-order valence-electron chi connectivity index (χ4n) is 2.99. The summed E-state index contributed by atoms with van der Waals surface area (Å²) < 4.78 is 26.6. The first-order valence-corrected chi connectivity index (χ1v) is 7.47. The van der Waals surface area contributed by atoms with E-state index < -0.39 is 11.6 Å². The van der Waals surface area contributed by atoms with Gasteiger partial charge < -0.3 is 15.3 Å². The van der Waals surface area contributed by atoms with Crippen LogP contribution in [-0.4, -0.2) is 43.3 Å². The summed E-state index contributed by atoms with van der Waals surface area (Å²) in [5.74, 6) is -0.506. The lowest BCUT2D eigenvalue weighted by Crippen LogP contribution is -2.38. The Hall–Kier alpha value is -1.04. The summed E-state index contributed by atoms with van der Waals surface area (Å²) in [4.78, 5) is 2.22. The van der Waals surface area contributed by atoms with Crippen molar-refractivity contribution >= 4 is 0 Å². The summed E-state index contributed by atoms with van der Waals surface area (Å²) in [6.45, 7) is 1.81. The standard InChI is InChI=1S/C16H24F2N2O/c1-19-16(12-7-13(17)9-14(18)8-12)3-4-20(2)10-11-5-15(21)6-11/h7-9,11,15-16,19,21H,3-6,10H2,1-2H3. The lowest BCUT2D eigenvalue weighted by atomic mass is 9.82. The molecule has 0 amide bonds. The lowest BCUT2D eigenvalue weighted by Gasteiger charge is -2.34. The zero-order chi connectivity index (χ0) is 15.4. The van der Waals surface area contributed by atoms with E-state index in [0.717, 1.165) is 38.4 Å². The molecule has 1 atom stereocenters. The maximum atomic E-state index is 13.3. The largest absolute Gasteiger partial charge is 0.393 e. The fraction of sp³-hybridized carbons (Fsp3) is 0.625. The van der Waals surface area contributed by atoms with Gasteiger partial charge in [0.25, 0.3) is 0 Å². The highest BCUT2D eigenvalue weighted by molar-refractivity contribution is 5.21. The van der Waals surface area contributed by atoms with Crippen molar-refractivity contribution in [2.75, 3.05) is 27.2 Å². The molecule has 0 aliphatic heterocycles. The minimum absolute atomic E-state index is 0.0652. The van der Waals surface area contributed by atoms with Gasteiger partial charge in [0.15, 0.2) is 0 Å². The average Bonchev–Trinajstić information content (AvgIpc) is 2.36. The van der Waals surface area contributed by atoms with E-state index in [-0.39, 0.29) is 12.1 Å². The molecule has 0 bridgehead atoms. The molecule has 1 aliphatic carbocycles. The van der Waals surface area contributed by atoms with Crippen molar-refractivity contribution in [2.24, 2.45) is 5.92 Å². The molecular weight excluding hydrogens is 274 g/mol. The number of aliphatic hydroxyl groups is 1. The Morgan fingerprint density at radius 2 is 1.90 bits per heavy atom. The van der Waals surface area contributed by atoms with Crippen molar-refractivity contribution in [2.45, 2.75) is 31.4 Å². The molecule has 2 rings (SSSR count). The molecule has 0 spiro atoms. The smallest absolute Gasteiger partial charge is 0.126 e. The Bertz CT molecular complexity index is 443. The highest BCUT2D eigenvalue weighted by atomic mass is 19.1. The van der Waals surface area contributed by atoms with E-state index in [0.29, 0.717) is 11.5 Å². The monoisotopic (exact) mass is 298 g/mol. The van der Waals surface area contributed by atoms with E-state index >= 15 is 0 Å². The third-order valence-corrected chi connectivity index (χ3v) is 4.22. The predicted octanol–water partition coefficient (Wildman–Crippen LogP) is 2.32. The average molecular weight is 298 g/mol. The van der Waals surface area contributed by atoms with Gasteiger partial charge in [-0.25, -0.2) is 8.78 Å². The van der Waals surface area contributed by atoms with Gasteiger partial charge in [-0.2, -0.15) is 0 Å². The van der Waals surface area contributed by atoms with Crippen LogP contribution >= 0.6 is 0 Å². The third-order valence-electron chi connectivity index (χ3n) is 4.22. The van der Waals surface area contributed by atoms with Crippen LogP contribution in [0.25, 0.3) is 0 Å². The molecular formula is C16H24F2N2O. The van der Waals surface area contributed by atoms with Gasteiger partial charge in [-0.15, -0.1) is 0 Å². The summed E-state index contributed by atoms with van der Waals surface area (Å²) in [6.07, 6.45) is 2.43. The Kier molecular flexibility index (Phi) is 5.67. The van der Waals surface area contributed by atoms with Crippen LogP contribution in [-0.2, 0) is 0 Å². The van der Waals surface area contributed by atoms with Crippen molar-refractivity contribution in [1.82, 2.24) is 10.2 Å². The lowest BCUT2D eigenvalue weighted by molar-refractivity contribution is 0.0279. The van der Waals surface area contributed by atoms with Gasteiger partial charge in [0.05, 0.1) is 6.10 Å². The first kappa shape index (κ1) is 16.3. The number of rotatable bonds is 7. The minimum atomic E-state index is -0.540. The van der Waals surface area contributed by atoms with Crippen LogP contribution in [0.2, 0.25) is 0 Å². The third kappa shape index (κ3) is 4.73. The summed E-state index contributed by atoms with van der Waals surface area (Å²) in [5, 5.41) is 12.4. The van der Waals surface area contributed by atoms with Crippen molar-refractivity contribution in [3.63, 3.8) is 0 Å². The van der Waals surface area contributed by atoms with E-state index in [1.165, 1.54) is 12.1 Å². The second-order valence-electron chi connectivity index (χ2n) is 6.09.